The van der Waals surface area contributed by atoms with Gasteiger partial charge in [-0.2, -0.15) is 13.2 Å². The molecule has 0 aliphatic carbocycles. The number of hydrogen-bond acceptors (Lipinski definition) is 6. The molecule has 0 spiro atoms. The number of pyridine rings is 1. The van der Waals surface area contributed by atoms with Gasteiger partial charge in [-0.1, -0.05) is 0 Å². The maximum atomic E-state index is 10.7. The molecule has 0 atom stereocenters. The van der Waals surface area contributed by atoms with Crippen molar-refractivity contribution in [3.8, 4) is 11.5 Å². The summed E-state index contributed by atoms with van der Waals surface area (Å²) in [5, 5.41) is 0. The first-order valence-corrected chi connectivity index (χ1v) is 13.7. The minimum Gasteiger partial charge on any atom is -0.741 e. The molecule has 0 amide bonds. The van der Waals surface area contributed by atoms with Crippen molar-refractivity contribution in [1.82, 2.24) is 4.98 Å². The normalized spacial score (nSPS) is 12.5. The number of benzene rings is 2. The van der Waals surface area contributed by atoms with Crippen molar-refractivity contribution in [1.29, 1.82) is 0 Å². The Morgan fingerprint density at radius 2 is 1.11 bits per heavy atom. The Bertz CT molecular complexity index is 1180. The van der Waals surface area contributed by atoms with E-state index in [0.717, 1.165) is 11.5 Å². The van der Waals surface area contributed by atoms with Crippen molar-refractivity contribution in [3.05, 3.63) is 73.1 Å². The fourth-order valence-electron chi connectivity index (χ4n) is 2.87. The number of ether oxygens (including phenoxy) is 2. The second-order valence-corrected chi connectivity index (χ2v) is 13.2. The maximum absolute atomic E-state index is 10.7. The minimum atomic E-state index is -6.09. The van der Waals surface area contributed by atoms with Gasteiger partial charge in [0, 0.05) is 6.20 Å². The third-order valence-electron chi connectivity index (χ3n) is 4.12. The first kappa shape index (κ1) is 30.5. The van der Waals surface area contributed by atoms with Gasteiger partial charge in [-0.05, 0) is 102 Å². The molecule has 1 aromatic heterocycles. The number of nitrogens with zero attached hydrogens (tertiary/aromatic N) is 1. The maximum Gasteiger partial charge on any atom is 0.485 e. The lowest BCUT2D eigenvalue weighted by Gasteiger charge is -2.21. The first-order valence-electron chi connectivity index (χ1n) is 11.1. The molecule has 1 heterocycles. The molecular weight excluding hydrogens is 527 g/mol. The van der Waals surface area contributed by atoms with Gasteiger partial charge in [0.15, 0.2) is 24.8 Å². The highest BCUT2D eigenvalue weighted by atomic mass is 32.2. The quantitative estimate of drug-likeness (QED) is 0.200. The van der Waals surface area contributed by atoms with Crippen molar-refractivity contribution >= 4 is 21.0 Å². The van der Waals surface area contributed by atoms with E-state index in [4.69, 9.17) is 22.4 Å². The van der Waals surface area contributed by atoms with E-state index >= 15 is 0 Å². The Kier molecular flexibility index (Phi) is 9.67. The Hall–Kier alpha value is -2.76. The summed E-state index contributed by atoms with van der Waals surface area (Å²) >= 11 is 0. The minimum absolute atomic E-state index is 0.213. The first-order chi connectivity index (χ1) is 16.9. The van der Waals surface area contributed by atoms with Gasteiger partial charge in [0.1, 0.15) is 33.6 Å². The molecule has 0 radical (unpaired) electrons. The van der Waals surface area contributed by atoms with Crippen molar-refractivity contribution in [2.24, 2.45) is 0 Å². The molecule has 2 aromatic carbocycles. The predicted molar refractivity (Wildman–Crippen MR) is 136 cm³/mol. The molecule has 0 N–H and O–H groups in total. The van der Waals surface area contributed by atoms with Crippen LogP contribution in [0.4, 0.5) is 13.2 Å². The van der Waals surface area contributed by atoms with Crippen molar-refractivity contribution in [2.45, 2.75) is 72.9 Å². The summed E-state index contributed by atoms with van der Waals surface area (Å²) in [6.45, 7) is 12.3. The molecule has 37 heavy (non-hydrogen) atoms. The van der Waals surface area contributed by atoms with Crippen molar-refractivity contribution < 1.29 is 35.6 Å². The van der Waals surface area contributed by atoms with Gasteiger partial charge < -0.3 is 14.0 Å². The predicted octanol–water partition coefficient (Wildman–Crippen LogP) is 6.58. The van der Waals surface area contributed by atoms with Crippen LogP contribution < -0.4 is 9.47 Å². The van der Waals surface area contributed by atoms with Crippen molar-refractivity contribution in [3.63, 3.8) is 0 Å². The van der Waals surface area contributed by atoms with E-state index in [1.807, 2.05) is 42.7 Å². The van der Waals surface area contributed by atoms with Crippen LogP contribution in [0.3, 0.4) is 0 Å². The van der Waals surface area contributed by atoms with Gasteiger partial charge in [-0.15, -0.1) is 0 Å². The third-order valence-corrected chi connectivity index (χ3v) is 6.89. The highest BCUT2D eigenvalue weighted by Crippen LogP contribution is 2.33. The molecule has 0 aliphatic rings. The molecule has 0 fully saturated rings. The molecule has 11 heteroatoms. The number of alkyl halides is 3. The van der Waals surface area contributed by atoms with Crippen LogP contribution in [0.5, 0.6) is 11.5 Å². The molecule has 3 aromatic rings. The van der Waals surface area contributed by atoms with E-state index < -0.39 is 15.6 Å². The second kappa shape index (κ2) is 11.7. The smallest absolute Gasteiger partial charge is 0.485 e. The third kappa shape index (κ3) is 10.3. The van der Waals surface area contributed by atoms with Gasteiger partial charge in [-0.25, -0.2) is 8.42 Å². The summed E-state index contributed by atoms with van der Waals surface area (Å²) in [7, 11) is -6.34. The van der Waals surface area contributed by atoms with Crippen molar-refractivity contribution in [2.75, 3.05) is 0 Å². The number of halogens is 3. The molecule has 0 saturated carbocycles. The molecule has 202 valence electrons. The van der Waals surface area contributed by atoms with Crippen LogP contribution >= 0.6 is 0 Å². The molecule has 6 nitrogen and oxygen atoms in total. The summed E-state index contributed by atoms with van der Waals surface area (Å²) < 4.78 is 70.9. The van der Waals surface area contributed by atoms with E-state index in [0.29, 0.717) is 0 Å². The highest BCUT2D eigenvalue weighted by molar-refractivity contribution is 7.97. The monoisotopic (exact) mass is 557 g/mol. The fourth-order valence-corrected chi connectivity index (χ4v) is 4.88. The van der Waals surface area contributed by atoms with Gasteiger partial charge in [0.25, 0.3) is 0 Å². The molecular formula is C26H30F3NO5S2. The summed E-state index contributed by atoms with van der Waals surface area (Å²) in [5.41, 5.74) is -6.07. The summed E-state index contributed by atoms with van der Waals surface area (Å²) in [6, 6.07) is 20.9. The topological polar surface area (TPSA) is 88.6 Å². The van der Waals surface area contributed by atoms with Crippen LogP contribution in [0, 0.1) is 0 Å². The average molecular weight is 558 g/mol. The standard InChI is InChI=1S/C25H30NO2S.CHF3O3S/c1-24(2,3)27-19-9-13-21(14-10-19)29(23-8-7-17-26-18-23)22-15-11-20(12-16-22)28-25(4,5)6;2-1(3,4)8(5,6)7/h7-18H,1-6H3;(H,5,6,7)/q+1;/p-1. The second-order valence-electron chi connectivity index (χ2n) is 9.77. The average Bonchev–Trinajstić information content (AvgIpc) is 2.74. The molecule has 0 bridgehead atoms. The SMILES string of the molecule is CC(C)(C)Oc1ccc([S+](c2ccc(OC(C)(C)C)cc2)c2cccnc2)cc1.O=S(=O)([O-])C(F)(F)F. The Morgan fingerprint density at radius 3 is 1.38 bits per heavy atom. The van der Waals surface area contributed by atoms with Crippen LogP contribution in [0.2, 0.25) is 0 Å². The lowest BCUT2D eigenvalue weighted by atomic mass is 10.2. The molecule has 0 aliphatic heterocycles. The largest absolute Gasteiger partial charge is 0.741 e. The summed E-state index contributed by atoms with van der Waals surface area (Å²) in [4.78, 5) is 7.98. The van der Waals surface area contributed by atoms with Gasteiger partial charge in [-0.3, -0.25) is 4.98 Å². The Balaban J connectivity index is 0.000000521. The Labute approximate surface area is 218 Å². The van der Waals surface area contributed by atoms with E-state index in [9.17, 15) is 13.2 Å². The van der Waals surface area contributed by atoms with Crippen LogP contribution in [0.15, 0.2) is 87.7 Å². The molecule has 0 saturated heterocycles. The van der Waals surface area contributed by atoms with Gasteiger partial charge >= 0.3 is 5.51 Å². The van der Waals surface area contributed by atoms with E-state index in [1.165, 1.54) is 14.7 Å². The number of aromatic nitrogens is 1. The van der Waals surface area contributed by atoms with E-state index in [-0.39, 0.29) is 22.1 Å². The Morgan fingerprint density at radius 1 is 0.730 bits per heavy atom. The van der Waals surface area contributed by atoms with Crippen LogP contribution in [-0.2, 0) is 21.0 Å². The van der Waals surface area contributed by atoms with Crippen LogP contribution in [0.25, 0.3) is 0 Å². The molecule has 3 rings (SSSR count). The van der Waals surface area contributed by atoms with E-state index in [2.05, 4.69) is 76.9 Å². The molecule has 0 unspecified atom stereocenters. The lowest BCUT2D eigenvalue weighted by molar-refractivity contribution is -0.0517. The lowest BCUT2D eigenvalue weighted by Crippen LogP contribution is -2.23. The number of hydrogen-bond donors (Lipinski definition) is 0. The van der Waals surface area contributed by atoms with Gasteiger partial charge in [0.2, 0.25) is 0 Å². The fraction of sp³-hybridized carbons (Fsp3) is 0.346. The number of rotatable bonds is 5. The zero-order valence-electron chi connectivity index (χ0n) is 21.4. The highest BCUT2D eigenvalue weighted by Gasteiger charge is 2.37. The van der Waals surface area contributed by atoms with Crippen LogP contribution in [-0.4, -0.2) is 34.7 Å². The van der Waals surface area contributed by atoms with Gasteiger partial charge in [0.05, 0.1) is 6.20 Å². The summed E-state index contributed by atoms with van der Waals surface area (Å²) in [6.07, 6.45) is 3.76. The van der Waals surface area contributed by atoms with Crippen LogP contribution in [0.1, 0.15) is 41.5 Å². The van der Waals surface area contributed by atoms with E-state index in [1.54, 1.807) is 0 Å². The summed E-state index contributed by atoms with van der Waals surface area (Å²) in [5.74, 6) is 1.76. The zero-order chi connectivity index (χ0) is 28.1. The zero-order valence-corrected chi connectivity index (χ0v) is 23.0.